The Morgan fingerprint density at radius 3 is 1.11 bits per heavy atom. The van der Waals surface area contributed by atoms with Crippen LogP contribution in [0.4, 0.5) is 0 Å². The number of pyridine rings is 2. The fourth-order valence-corrected chi connectivity index (χ4v) is 2.37. The number of aliphatic carboxylic acids is 2. The molecule has 0 bridgehead atoms. The Morgan fingerprint density at radius 2 is 0.842 bits per heavy atom. The predicted molar refractivity (Wildman–Crippen MR) is 131 cm³/mol. The molecule has 2 radical (unpaired) electrons. The van der Waals surface area contributed by atoms with E-state index in [0.717, 1.165) is 10.8 Å². The number of nitrogens with zero attached hydrogens (tertiary/aromatic N) is 2. The van der Waals surface area contributed by atoms with E-state index < -0.39 is 23.9 Å². The van der Waals surface area contributed by atoms with Crippen LogP contribution in [-0.2, 0) is 43.7 Å². The standard InChI is InChI=1S/2C10H7NO2.2C2H5NO2.2Cu/c2*12-10(13)9-6-5-7-3-1-2-4-8(7)11-9;2*3-1-2(4)5;;/h2*1-6H,(H,12,13);2*1,3H2,(H,4,5);;/q;;;;2*+2. The number of rotatable bonds is 4. The molecule has 0 saturated carbocycles. The minimum Gasteiger partial charge on any atom is -0.480 e. The summed E-state index contributed by atoms with van der Waals surface area (Å²) in [5.41, 5.74) is 10.7. The summed E-state index contributed by atoms with van der Waals surface area (Å²) in [5, 5.41) is 34.5. The van der Waals surface area contributed by atoms with Crippen LogP contribution < -0.4 is 11.5 Å². The molecule has 38 heavy (non-hydrogen) atoms. The van der Waals surface area contributed by atoms with Crippen LogP contribution in [0.2, 0.25) is 0 Å². The van der Waals surface area contributed by atoms with Crippen molar-refractivity contribution in [2.75, 3.05) is 13.1 Å². The number of nitrogens with two attached hydrogens (primary N) is 2. The van der Waals surface area contributed by atoms with Crippen LogP contribution in [0.1, 0.15) is 21.0 Å². The minimum atomic E-state index is -0.995. The van der Waals surface area contributed by atoms with E-state index >= 15 is 0 Å². The molecule has 0 amide bonds. The molecule has 4 rings (SSSR count). The summed E-state index contributed by atoms with van der Waals surface area (Å²) in [6, 6.07) is 21.4. The van der Waals surface area contributed by atoms with E-state index in [9.17, 15) is 19.2 Å². The fraction of sp³-hybridized carbons (Fsp3) is 0.0833. The average Bonchev–Trinajstić information content (AvgIpc) is 2.89. The zero-order valence-corrected chi connectivity index (χ0v) is 21.3. The smallest absolute Gasteiger partial charge is 0.480 e. The Morgan fingerprint density at radius 1 is 0.553 bits per heavy atom. The number of benzene rings is 2. The average molecular weight is 624 g/mol. The van der Waals surface area contributed by atoms with E-state index in [1.165, 1.54) is 12.1 Å². The maximum absolute atomic E-state index is 10.6. The Balaban J connectivity index is 0. The molecule has 0 spiro atoms. The first-order valence-electron chi connectivity index (χ1n) is 10.1. The second-order valence-electron chi connectivity index (χ2n) is 6.58. The third kappa shape index (κ3) is 13.4. The molecule has 0 aliphatic carbocycles. The van der Waals surface area contributed by atoms with E-state index in [1.54, 1.807) is 24.3 Å². The Labute approximate surface area is 237 Å². The third-order valence-corrected chi connectivity index (χ3v) is 3.98. The molecule has 0 fully saturated rings. The van der Waals surface area contributed by atoms with Crippen molar-refractivity contribution in [2.24, 2.45) is 11.5 Å². The summed E-state index contributed by atoms with van der Waals surface area (Å²) >= 11 is 0. The SMILES string of the molecule is NCC(=O)O.NCC(=O)O.O=C(O)c1ccc2ccccc2n1.O=C(O)c1ccc2ccccc2n1.[Cu+2].[Cu+2]. The molecule has 4 aromatic rings. The van der Waals surface area contributed by atoms with Crippen molar-refractivity contribution in [3.8, 4) is 0 Å². The van der Waals surface area contributed by atoms with Gasteiger partial charge in [-0.2, -0.15) is 0 Å². The van der Waals surface area contributed by atoms with Crippen LogP contribution >= 0.6 is 0 Å². The van der Waals surface area contributed by atoms with E-state index in [-0.39, 0.29) is 58.6 Å². The third-order valence-electron chi connectivity index (χ3n) is 3.98. The molecule has 12 nitrogen and oxygen atoms in total. The number of para-hydroxylation sites is 2. The van der Waals surface area contributed by atoms with Gasteiger partial charge in [-0.1, -0.05) is 48.5 Å². The summed E-state index contributed by atoms with van der Waals surface area (Å²) in [6.45, 7) is -0.556. The maximum atomic E-state index is 10.6. The van der Waals surface area contributed by atoms with Crippen molar-refractivity contribution in [3.63, 3.8) is 0 Å². The number of aromatic nitrogens is 2. The monoisotopic (exact) mass is 622 g/mol. The molecule has 14 heteroatoms. The normalized spacial score (nSPS) is 8.89. The zero-order chi connectivity index (χ0) is 27.1. The summed E-state index contributed by atoms with van der Waals surface area (Å²) < 4.78 is 0. The van der Waals surface area contributed by atoms with Gasteiger partial charge in [0.2, 0.25) is 0 Å². The number of hydrogen-bond donors (Lipinski definition) is 6. The van der Waals surface area contributed by atoms with Crippen LogP contribution in [0.25, 0.3) is 21.8 Å². The van der Waals surface area contributed by atoms with E-state index in [0.29, 0.717) is 11.0 Å². The number of carboxylic acids is 4. The van der Waals surface area contributed by atoms with Crippen molar-refractivity contribution >= 4 is 45.7 Å². The maximum Gasteiger partial charge on any atom is 2.00 e. The number of aromatic carboxylic acids is 2. The second kappa shape index (κ2) is 19.2. The van der Waals surface area contributed by atoms with Crippen LogP contribution in [0.5, 0.6) is 0 Å². The molecule has 0 aliphatic heterocycles. The molecule has 0 atom stereocenters. The van der Waals surface area contributed by atoms with Crippen molar-refractivity contribution in [3.05, 3.63) is 84.2 Å². The van der Waals surface area contributed by atoms with E-state index in [1.807, 2.05) is 36.4 Å². The van der Waals surface area contributed by atoms with Crippen molar-refractivity contribution in [1.29, 1.82) is 0 Å². The molecule has 2 heterocycles. The molecule has 206 valence electrons. The van der Waals surface area contributed by atoms with Gasteiger partial charge in [-0.25, -0.2) is 19.6 Å². The molecule has 0 aliphatic rings. The van der Waals surface area contributed by atoms with Crippen LogP contribution in [0.3, 0.4) is 0 Å². The molecule has 2 aromatic carbocycles. The fourth-order valence-electron chi connectivity index (χ4n) is 2.37. The van der Waals surface area contributed by atoms with Gasteiger partial charge in [-0.15, -0.1) is 0 Å². The molecule has 8 N–H and O–H groups in total. The molecular weight excluding hydrogens is 599 g/mol. The number of hydrogen-bond acceptors (Lipinski definition) is 8. The number of fused-ring (bicyclic) bond motifs is 2. The largest absolute Gasteiger partial charge is 2.00 e. The van der Waals surface area contributed by atoms with Gasteiger partial charge in [0.05, 0.1) is 24.1 Å². The zero-order valence-electron chi connectivity index (χ0n) is 19.4. The molecule has 0 unspecified atom stereocenters. The topological polar surface area (TPSA) is 227 Å². The summed E-state index contributed by atoms with van der Waals surface area (Å²) in [7, 11) is 0. The summed E-state index contributed by atoms with van der Waals surface area (Å²) in [4.78, 5) is 47.6. The predicted octanol–water partition coefficient (Wildman–Crippen LogP) is 1.92. The van der Waals surface area contributed by atoms with Gasteiger partial charge in [0.15, 0.2) is 0 Å². The van der Waals surface area contributed by atoms with Crippen molar-refractivity contribution < 1.29 is 73.7 Å². The summed E-state index contributed by atoms with van der Waals surface area (Å²) in [6.07, 6.45) is 0. The molecular formula is C24H24Cu2N4O8+4. The van der Waals surface area contributed by atoms with E-state index in [2.05, 4.69) is 21.4 Å². The summed E-state index contributed by atoms with van der Waals surface area (Å²) in [5.74, 6) is -3.92. The van der Waals surface area contributed by atoms with Crippen molar-refractivity contribution in [1.82, 2.24) is 9.97 Å². The Hall–Kier alpha value is -3.90. The van der Waals surface area contributed by atoms with Gasteiger partial charge in [0.25, 0.3) is 0 Å². The number of carbonyl (C=O) groups is 4. The van der Waals surface area contributed by atoms with Gasteiger partial charge in [-0.3, -0.25) is 9.59 Å². The van der Waals surface area contributed by atoms with Crippen LogP contribution in [-0.4, -0.2) is 67.4 Å². The second-order valence-corrected chi connectivity index (χ2v) is 6.58. The quantitative estimate of drug-likeness (QED) is 0.179. The first-order valence-corrected chi connectivity index (χ1v) is 10.1. The molecule has 2 aromatic heterocycles. The van der Waals surface area contributed by atoms with Gasteiger partial charge in [-0.05, 0) is 24.3 Å². The number of carboxylic acid groups (broad SMARTS) is 4. The van der Waals surface area contributed by atoms with Gasteiger partial charge < -0.3 is 31.9 Å². The first kappa shape index (κ1) is 36.3. The van der Waals surface area contributed by atoms with Gasteiger partial charge in [0.1, 0.15) is 11.4 Å². The van der Waals surface area contributed by atoms with Crippen molar-refractivity contribution in [2.45, 2.75) is 0 Å². The van der Waals surface area contributed by atoms with Crippen LogP contribution in [0, 0.1) is 0 Å². The molecule has 0 saturated heterocycles. The Kier molecular flexibility index (Phi) is 18.4. The van der Waals surface area contributed by atoms with Gasteiger partial charge >= 0.3 is 58.0 Å². The van der Waals surface area contributed by atoms with Gasteiger partial charge in [0, 0.05) is 10.8 Å². The first-order chi connectivity index (χ1) is 17.1. The minimum absolute atomic E-state index is 0. The van der Waals surface area contributed by atoms with E-state index in [4.69, 9.17) is 20.4 Å². The Bertz CT molecular complexity index is 1250. The van der Waals surface area contributed by atoms with Crippen LogP contribution in [0.15, 0.2) is 72.8 Å².